The molecule has 10 rings (SSSR count). The van der Waals surface area contributed by atoms with Crippen LogP contribution in [-0.4, -0.2) is 9.97 Å². The normalized spacial score (nSPS) is 14.8. The van der Waals surface area contributed by atoms with Gasteiger partial charge in [0.2, 0.25) is 0 Å². The summed E-state index contributed by atoms with van der Waals surface area (Å²) in [6.07, 6.45) is 0. The maximum atomic E-state index is 5.28. The van der Waals surface area contributed by atoms with E-state index >= 15 is 0 Å². The summed E-state index contributed by atoms with van der Waals surface area (Å²) in [5.74, 6) is 0.720. The summed E-state index contributed by atoms with van der Waals surface area (Å²) in [4.78, 5) is 10.5. The summed E-state index contributed by atoms with van der Waals surface area (Å²) in [7, 11) is 0. The topological polar surface area (TPSA) is 25.8 Å². The molecule has 0 fully saturated rings. The van der Waals surface area contributed by atoms with Gasteiger partial charge in [0, 0.05) is 42.3 Å². The van der Waals surface area contributed by atoms with Crippen molar-refractivity contribution in [2.24, 2.45) is 0 Å². The zero-order chi connectivity index (χ0) is 33.9. The second kappa shape index (κ2) is 11.7. The van der Waals surface area contributed by atoms with Crippen LogP contribution in [0.2, 0.25) is 0 Å². The van der Waals surface area contributed by atoms with Crippen LogP contribution in [0.25, 0.3) is 76.3 Å². The number of fused-ring (bicyclic) bond motifs is 6. The van der Waals surface area contributed by atoms with Gasteiger partial charge in [-0.2, -0.15) is 0 Å². The first-order chi connectivity index (χ1) is 25.2. The van der Waals surface area contributed by atoms with Crippen LogP contribution < -0.4 is 0 Å². The number of nitrogens with zero attached hydrogens (tertiary/aromatic N) is 2. The Labute approximate surface area is 301 Å². The minimum absolute atomic E-state index is 0.274. The van der Waals surface area contributed by atoms with Crippen molar-refractivity contribution in [1.29, 1.82) is 0 Å². The summed E-state index contributed by atoms with van der Waals surface area (Å²) in [5, 5.41) is 2.54. The van der Waals surface area contributed by atoms with Crippen molar-refractivity contribution in [2.75, 3.05) is 0 Å². The van der Waals surface area contributed by atoms with Crippen LogP contribution in [0.5, 0.6) is 0 Å². The zero-order valence-electron chi connectivity index (χ0n) is 28.0. The molecule has 1 unspecified atom stereocenters. The van der Waals surface area contributed by atoms with Crippen LogP contribution in [0, 0.1) is 0 Å². The molecule has 0 aliphatic heterocycles. The van der Waals surface area contributed by atoms with E-state index in [0.29, 0.717) is 0 Å². The summed E-state index contributed by atoms with van der Waals surface area (Å²) < 4.78 is 2.53. The van der Waals surface area contributed by atoms with Crippen LogP contribution in [0.3, 0.4) is 0 Å². The van der Waals surface area contributed by atoms with E-state index in [2.05, 4.69) is 177 Å². The van der Waals surface area contributed by atoms with Crippen molar-refractivity contribution in [1.82, 2.24) is 9.97 Å². The molecule has 1 aliphatic rings. The average molecular weight is 669 g/mol. The average Bonchev–Trinajstić information content (AvgIpc) is 3.71. The number of rotatable bonds is 5. The first kappa shape index (κ1) is 29.7. The number of hydrogen-bond donors (Lipinski definition) is 0. The maximum absolute atomic E-state index is 5.28. The Balaban J connectivity index is 1.18. The van der Waals surface area contributed by atoms with E-state index in [9.17, 15) is 0 Å². The highest BCUT2D eigenvalue weighted by molar-refractivity contribution is 7.26. The highest BCUT2D eigenvalue weighted by Gasteiger charge is 2.40. The Hall–Kier alpha value is -6.16. The van der Waals surface area contributed by atoms with Gasteiger partial charge in [-0.25, -0.2) is 9.97 Å². The quantitative estimate of drug-likeness (QED) is 0.182. The van der Waals surface area contributed by atoms with Crippen LogP contribution in [-0.2, 0) is 5.41 Å². The fourth-order valence-electron chi connectivity index (χ4n) is 8.09. The summed E-state index contributed by atoms with van der Waals surface area (Å²) >= 11 is 1.83. The van der Waals surface area contributed by atoms with E-state index in [1.165, 1.54) is 53.6 Å². The monoisotopic (exact) mass is 668 g/mol. The van der Waals surface area contributed by atoms with Gasteiger partial charge in [-0.3, -0.25) is 0 Å². The predicted molar refractivity (Wildman–Crippen MR) is 214 cm³/mol. The molecule has 0 amide bonds. The maximum Gasteiger partial charge on any atom is 0.160 e. The molecule has 9 aromatic rings. The number of thiophene rings is 1. The summed E-state index contributed by atoms with van der Waals surface area (Å²) in [5.41, 5.74) is 13.7. The Morgan fingerprint density at radius 1 is 0.431 bits per heavy atom. The van der Waals surface area contributed by atoms with Crippen LogP contribution in [0.15, 0.2) is 176 Å². The minimum Gasteiger partial charge on any atom is -0.228 e. The molecule has 240 valence electrons. The second-order valence-electron chi connectivity index (χ2n) is 13.5. The largest absolute Gasteiger partial charge is 0.228 e. The van der Waals surface area contributed by atoms with E-state index in [1.807, 2.05) is 17.4 Å². The fourth-order valence-corrected chi connectivity index (χ4v) is 9.31. The molecule has 1 aliphatic carbocycles. The molecule has 0 saturated heterocycles. The molecule has 7 aromatic carbocycles. The van der Waals surface area contributed by atoms with Crippen LogP contribution in [0.4, 0.5) is 0 Å². The lowest BCUT2D eigenvalue weighted by molar-refractivity contribution is 0.714. The van der Waals surface area contributed by atoms with Gasteiger partial charge < -0.3 is 0 Å². The van der Waals surface area contributed by atoms with E-state index in [-0.39, 0.29) is 5.41 Å². The molecule has 3 heteroatoms. The Morgan fingerprint density at radius 2 is 1.04 bits per heavy atom. The van der Waals surface area contributed by atoms with Crippen molar-refractivity contribution >= 4 is 31.5 Å². The number of hydrogen-bond acceptors (Lipinski definition) is 3. The predicted octanol–water partition coefficient (Wildman–Crippen LogP) is 12.8. The molecule has 51 heavy (non-hydrogen) atoms. The number of aromatic nitrogens is 2. The molecule has 0 saturated carbocycles. The first-order valence-corrected chi connectivity index (χ1v) is 18.2. The third-order valence-corrected chi connectivity index (χ3v) is 11.8. The van der Waals surface area contributed by atoms with E-state index in [1.54, 1.807) is 0 Å². The van der Waals surface area contributed by atoms with Crippen molar-refractivity contribution < 1.29 is 0 Å². The van der Waals surface area contributed by atoms with Crippen molar-refractivity contribution in [2.45, 2.75) is 12.3 Å². The molecule has 0 bridgehead atoms. The second-order valence-corrected chi connectivity index (χ2v) is 14.5. The lowest BCUT2D eigenvalue weighted by Gasteiger charge is -2.28. The zero-order valence-corrected chi connectivity index (χ0v) is 28.9. The smallest absolute Gasteiger partial charge is 0.160 e. The van der Waals surface area contributed by atoms with Crippen molar-refractivity contribution in [3.8, 4) is 56.2 Å². The first-order valence-electron chi connectivity index (χ1n) is 17.4. The SMILES string of the molecule is CC1(c2ccccc2)c2ccccc2-c2ccc(-c3ccccc3-c3cc(-c4cccc5c4sc4ccccc45)nc(-c4ccccc4)n3)cc21. The van der Waals surface area contributed by atoms with E-state index < -0.39 is 0 Å². The van der Waals surface area contributed by atoms with Gasteiger partial charge in [0.05, 0.1) is 11.4 Å². The molecule has 1 atom stereocenters. The summed E-state index contributed by atoms with van der Waals surface area (Å²) in [6, 6.07) is 63.2. The van der Waals surface area contributed by atoms with Gasteiger partial charge in [-0.05, 0) is 64.1 Å². The Bertz CT molecular complexity index is 2760. The van der Waals surface area contributed by atoms with Crippen LogP contribution in [0.1, 0.15) is 23.6 Å². The van der Waals surface area contributed by atoms with Gasteiger partial charge in [-0.1, -0.05) is 158 Å². The van der Waals surface area contributed by atoms with Crippen LogP contribution >= 0.6 is 11.3 Å². The molecule has 0 N–H and O–H groups in total. The van der Waals surface area contributed by atoms with E-state index in [0.717, 1.165) is 39.5 Å². The fraction of sp³-hybridized carbons (Fsp3) is 0.0417. The highest BCUT2D eigenvalue weighted by Crippen LogP contribution is 2.53. The van der Waals surface area contributed by atoms with E-state index in [4.69, 9.17) is 9.97 Å². The van der Waals surface area contributed by atoms with Gasteiger partial charge >= 0.3 is 0 Å². The van der Waals surface area contributed by atoms with Gasteiger partial charge in [0.1, 0.15) is 0 Å². The third kappa shape index (κ3) is 4.70. The molecule has 0 spiro atoms. The molecule has 2 aromatic heterocycles. The third-order valence-electron chi connectivity index (χ3n) is 10.6. The van der Waals surface area contributed by atoms with Gasteiger partial charge in [0.25, 0.3) is 0 Å². The highest BCUT2D eigenvalue weighted by atomic mass is 32.1. The molecular formula is C48H32N2S. The minimum atomic E-state index is -0.274. The number of benzene rings is 7. The molecule has 2 nitrogen and oxygen atoms in total. The Kier molecular flexibility index (Phi) is 6.83. The van der Waals surface area contributed by atoms with Gasteiger partial charge in [0.15, 0.2) is 5.82 Å². The van der Waals surface area contributed by atoms with Gasteiger partial charge in [-0.15, -0.1) is 11.3 Å². The van der Waals surface area contributed by atoms with Crippen molar-refractivity contribution in [3.63, 3.8) is 0 Å². The Morgan fingerprint density at radius 3 is 1.86 bits per heavy atom. The molecule has 0 radical (unpaired) electrons. The molecule has 2 heterocycles. The lowest BCUT2D eigenvalue weighted by Crippen LogP contribution is -2.22. The molecular weight excluding hydrogens is 637 g/mol. The lowest BCUT2D eigenvalue weighted by atomic mass is 9.74. The van der Waals surface area contributed by atoms with Crippen molar-refractivity contribution in [3.05, 3.63) is 193 Å². The summed E-state index contributed by atoms with van der Waals surface area (Å²) in [6.45, 7) is 2.38. The standard InChI is InChI=1S/C48H32N2S/c1-48(33-17-6-3-7-18-33)41-25-12-10-20-35(41)36-28-27-32(29-42(36)48)34-19-8-9-21-37(34)43-30-44(50-47(49-43)31-15-4-2-5-16-31)40-24-14-23-39-38-22-11-13-26-45(38)51-46(39)40/h2-30H,1H3.